The van der Waals surface area contributed by atoms with Crippen molar-refractivity contribution in [1.29, 1.82) is 0 Å². The van der Waals surface area contributed by atoms with Gasteiger partial charge in [-0.1, -0.05) is 6.07 Å². The average molecular weight is 273 g/mol. The van der Waals surface area contributed by atoms with E-state index in [1.165, 1.54) is 0 Å². The molecule has 3 rings (SSSR count). The summed E-state index contributed by atoms with van der Waals surface area (Å²) in [6.07, 6.45) is 0. The average Bonchev–Trinajstić information content (AvgIpc) is 2.95. The van der Waals surface area contributed by atoms with E-state index in [4.69, 9.17) is 0 Å². The van der Waals surface area contributed by atoms with Crippen LogP contribution in [0.3, 0.4) is 0 Å². The van der Waals surface area contributed by atoms with Gasteiger partial charge in [-0.05, 0) is 19.1 Å². The molecule has 3 aromatic rings. The highest BCUT2D eigenvalue weighted by Crippen LogP contribution is 2.18. The number of fused-ring (bicyclic) bond motifs is 1. The minimum atomic E-state index is -0.207. The summed E-state index contributed by atoms with van der Waals surface area (Å²) < 4.78 is 9.91. The molecule has 96 valence electrons. The number of nitrogens with zero attached hydrogens (tertiary/aromatic N) is 4. The third-order valence-electron chi connectivity index (χ3n) is 2.77. The van der Waals surface area contributed by atoms with Crippen molar-refractivity contribution in [3.63, 3.8) is 0 Å². The van der Waals surface area contributed by atoms with Gasteiger partial charge in [0, 0.05) is 13.1 Å². The molecule has 0 spiro atoms. The van der Waals surface area contributed by atoms with Gasteiger partial charge in [0.2, 0.25) is 0 Å². The topological polar surface area (TPSA) is 72.7 Å². The molecular weight excluding hydrogens is 262 g/mol. The first-order valence-electron chi connectivity index (χ1n) is 5.68. The third kappa shape index (κ3) is 2.08. The van der Waals surface area contributed by atoms with Crippen LogP contribution >= 0.6 is 11.7 Å². The van der Waals surface area contributed by atoms with E-state index < -0.39 is 0 Å². The van der Waals surface area contributed by atoms with Crippen LogP contribution < -0.4 is 5.32 Å². The van der Waals surface area contributed by atoms with Crippen molar-refractivity contribution in [2.75, 3.05) is 5.32 Å². The summed E-state index contributed by atoms with van der Waals surface area (Å²) in [6.45, 7) is 1.88. The Balaban J connectivity index is 1.96. The van der Waals surface area contributed by atoms with Gasteiger partial charge in [-0.15, -0.1) is 0 Å². The SMILES string of the molecule is Cc1cc(NC(=O)c2cccc3nsnc23)n(C)n1. The first-order chi connectivity index (χ1) is 9.15. The molecule has 0 radical (unpaired) electrons. The molecule has 6 nitrogen and oxygen atoms in total. The third-order valence-corrected chi connectivity index (χ3v) is 3.32. The fraction of sp³-hybridized carbons (Fsp3) is 0.167. The van der Waals surface area contributed by atoms with Crippen LogP contribution in [0.15, 0.2) is 24.3 Å². The Hall–Kier alpha value is -2.28. The second-order valence-corrected chi connectivity index (χ2v) is 4.71. The Labute approximate surface area is 113 Å². The molecule has 0 saturated carbocycles. The Morgan fingerprint density at radius 1 is 1.37 bits per heavy atom. The molecule has 0 atom stereocenters. The van der Waals surface area contributed by atoms with Gasteiger partial charge in [-0.3, -0.25) is 9.48 Å². The predicted octanol–water partition coefficient (Wildman–Crippen LogP) is 1.99. The molecule has 0 fully saturated rings. The minimum absolute atomic E-state index is 0.207. The highest BCUT2D eigenvalue weighted by molar-refractivity contribution is 7.00. The van der Waals surface area contributed by atoms with Crippen LogP contribution in [-0.2, 0) is 7.05 Å². The van der Waals surface area contributed by atoms with E-state index in [1.54, 1.807) is 23.9 Å². The zero-order valence-corrected chi connectivity index (χ0v) is 11.2. The summed E-state index contributed by atoms with van der Waals surface area (Å²) in [5.41, 5.74) is 2.74. The molecule has 2 heterocycles. The number of carbonyl (C=O) groups excluding carboxylic acids is 1. The van der Waals surface area contributed by atoms with Crippen LogP contribution in [0.2, 0.25) is 0 Å². The second kappa shape index (κ2) is 4.43. The molecule has 1 N–H and O–H groups in total. The zero-order valence-electron chi connectivity index (χ0n) is 10.4. The van der Waals surface area contributed by atoms with Crippen molar-refractivity contribution in [2.24, 2.45) is 7.05 Å². The van der Waals surface area contributed by atoms with E-state index in [2.05, 4.69) is 19.2 Å². The number of amides is 1. The summed E-state index contributed by atoms with van der Waals surface area (Å²) in [4.78, 5) is 12.3. The van der Waals surface area contributed by atoms with E-state index in [0.29, 0.717) is 16.9 Å². The highest BCUT2D eigenvalue weighted by Gasteiger charge is 2.14. The molecule has 1 amide bonds. The van der Waals surface area contributed by atoms with Crippen molar-refractivity contribution in [2.45, 2.75) is 6.92 Å². The maximum absolute atomic E-state index is 12.3. The molecule has 0 aliphatic carbocycles. The first-order valence-corrected chi connectivity index (χ1v) is 6.41. The lowest BCUT2D eigenvalue weighted by molar-refractivity contribution is 0.102. The maximum Gasteiger partial charge on any atom is 0.259 e. The van der Waals surface area contributed by atoms with Crippen LogP contribution in [-0.4, -0.2) is 24.4 Å². The van der Waals surface area contributed by atoms with Crippen molar-refractivity contribution < 1.29 is 4.79 Å². The number of aryl methyl sites for hydroxylation is 2. The number of aromatic nitrogens is 4. The summed E-state index contributed by atoms with van der Waals surface area (Å²) in [6, 6.07) is 7.19. The van der Waals surface area contributed by atoms with E-state index in [-0.39, 0.29) is 5.91 Å². The number of anilines is 1. The summed E-state index contributed by atoms with van der Waals surface area (Å²) >= 11 is 1.10. The molecule has 7 heteroatoms. The molecule has 1 aromatic carbocycles. The van der Waals surface area contributed by atoms with Gasteiger partial charge < -0.3 is 5.32 Å². The molecule has 0 saturated heterocycles. The summed E-state index contributed by atoms with van der Waals surface area (Å²) in [5, 5.41) is 7.01. The number of rotatable bonds is 2. The smallest absolute Gasteiger partial charge is 0.259 e. The molecule has 0 unspecified atom stereocenters. The van der Waals surface area contributed by atoms with Crippen molar-refractivity contribution in [3.05, 3.63) is 35.5 Å². The Morgan fingerprint density at radius 3 is 2.95 bits per heavy atom. The number of hydrogen-bond acceptors (Lipinski definition) is 5. The van der Waals surface area contributed by atoms with Crippen LogP contribution in [0.1, 0.15) is 16.1 Å². The van der Waals surface area contributed by atoms with Crippen molar-refractivity contribution >= 4 is 34.5 Å². The zero-order chi connectivity index (χ0) is 13.4. The maximum atomic E-state index is 12.3. The van der Waals surface area contributed by atoms with Gasteiger partial charge in [0.15, 0.2) is 0 Å². The minimum Gasteiger partial charge on any atom is -0.307 e. The van der Waals surface area contributed by atoms with E-state index >= 15 is 0 Å². The van der Waals surface area contributed by atoms with Crippen molar-refractivity contribution in [3.8, 4) is 0 Å². The lowest BCUT2D eigenvalue weighted by Gasteiger charge is -2.05. The van der Waals surface area contributed by atoms with Gasteiger partial charge in [0.05, 0.1) is 23.0 Å². The second-order valence-electron chi connectivity index (χ2n) is 4.19. The fourth-order valence-corrected chi connectivity index (χ4v) is 2.45. The van der Waals surface area contributed by atoms with Gasteiger partial charge in [-0.25, -0.2) is 0 Å². The van der Waals surface area contributed by atoms with Crippen molar-refractivity contribution in [1.82, 2.24) is 18.5 Å². The molecular formula is C12H11N5OS. The number of nitrogens with one attached hydrogen (secondary N) is 1. The highest BCUT2D eigenvalue weighted by atomic mass is 32.1. The number of carbonyl (C=O) groups is 1. The van der Waals surface area contributed by atoms with Gasteiger partial charge in [0.25, 0.3) is 5.91 Å². The quantitative estimate of drug-likeness (QED) is 0.775. The van der Waals surface area contributed by atoms with E-state index in [9.17, 15) is 4.79 Å². The molecule has 0 aliphatic rings. The van der Waals surface area contributed by atoms with Crippen LogP contribution in [0.4, 0.5) is 5.82 Å². The van der Waals surface area contributed by atoms with Gasteiger partial charge in [0.1, 0.15) is 16.9 Å². The fourth-order valence-electron chi connectivity index (χ4n) is 1.90. The Morgan fingerprint density at radius 2 is 2.21 bits per heavy atom. The van der Waals surface area contributed by atoms with Gasteiger partial charge >= 0.3 is 0 Å². The first kappa shape index (κ1) is 11.8. The van der Waals surface area contributed by atoms with Gasteiger partial charge in [-0.2, -0.15) is 13.8 Å². The van der Waals surface area contributed by atoms with Crippen LogP contribution in [0, 0.1) is 6.92 Å². The molecule has 0 bridgehead atoms. The molecule has 2 aromatic heterocycles. The summed E-state index contributed by atoms with van der Waals surface area (Å²) in [5.74, 6) is 0.448. The monoisotopic (exact) mass is 273 g/mol. The summed E-state index contributed by atoms with van der Waals surface area (Å²) in [7, 11) is 1.79. The normalized spacial score (nSPS) is 10.8. The predicted molar refractivity (Wildman–Crippen MR) is 73.3 cm³/mol. The Bertz CT molecular complexity index is 760. The standard InChI is InChI=1S/C12H11N5OS/c1-7-6-10(17(2)14-7)13-12(18)8-4-3-5-9-11(8)16-19-15-9/h3-6H,1-2H3,(H,13,18). The van der Waals surface area contributed by atoms with Crippen LogP contribution in [0.5, 0.6) is 0 Å². The van der Waals surface area contributed by atoms with Crippen LogP contribution in [0.25, 0.3) is 11.0 Å². The lowest BCUT2D eigenvalue weighted by Crippen LogP contribution is -2.14. The number of hydrogen-bond donors (Lipinski definition) is 1. The number of benzene rings is 1. The van der Waals surface area contributed by atoms with E-state index in [0.717, 1.165) is 22.9 Å². The lowest BCUT2D eigenvalue weighted by atomic mass is 10.1. The molecule has 0 aliphatic heterocycles. The van der Waals surface area contributed by atoms with E-state index in [1.807, 2.05) is 19.1 Å². The largest absolute Gasteiger partial charge is 0.307 e. The Kier molecular flexibility index (Phi) is 2.75. The molecule has 19 heavy (non-hydrogen) atoms.